The highest BCUT2D eigenvalue weighted by Crippen LogP contribution is 2.16. The number of ether oxygens (including phenoxy) is 2. The molecule has 0 N–H and O–H groups in total. The van der Waals surface area contributed by atoms with E-state index < -0.39 is 0 Å². The number of anilines is 2. The van der Waals surface area contributed by atoms with Gasteiger partial charge in [-0.2, -0.15) is 15.0 Å². The minimum absolute atomic E-state index is 0.734. The van der Waals surface area contributed by atoms with Crippen molar-refractivity contribution in [2.45, 2.75) is 20.8 Å². The fraction of sp³-hybridized carbons (Fsp3) is 0.786. The molecule has 3 rings (SSSR count). The van der Waals surface area contributed by atoms with Gasteiger partial charge < -0.3 is 19.3 Å². The molecule has 0 saturated carbocycles. The SMILES string of the molecule is CC.Cc1nc(N2CCOCC2)nc(N2CCOCC2)n1. The van der Waals surface area contributed by atoms with E-state index in [1.807, 2.05) is 20.8 Å². The summed E-state index contributed by atoms with van der Waals surface area (Å²) in [5.74, 6) is 2.28. The maximum atomic E-state index is 5.36. The Morgan fingerprint density at radius 1 is 0.714 bits per heavy atom. The van der Waals surface area contributed by atoms with Gasteiger partial charge in [0, 0.05) is 26.2 Å². The summed E-state index contributed by atoms with van der Waals surface area (Å²) in [6.45, 7) is 12.2. The molecule has 1 aromatic rings. The van der Waals surface area contributed by atoms with Crippen LogP contribution in [0.3, 0.4) is 0 Å². The van der Waals surface area contributed by atoms with Crippen LogP contribution in [-0.4, -0.2) is 67.6 Å². The van der Waals surface area contributed by atoms with Crippen LogP contribution in [0.1, 0.15) is 19.7 Å². The summed E-state index contributed by atoms with van der Waals surface area (Å²) in [6, 6.07) is 0. The lowest BCUT2D eigenvalue weighted by Crippen LogP contribution is -2.40. The largest absolute Gasteiger partial charge is 0.378 e. The lowest BCUT2D eigenvalue weighted by atomic mass is 10.4. The summed E-state index contributed by atoms with van der Waals surface area (Å²) >= 11 is 0. The molecule has 0 spiro atoms. The van der Waals surface area contributed by atoms with Crippen molar-refractivity contribution in [1.82, 2.24) is 15.0 Å². The molecule has 0 unspecified atom stereocenters. The Morgan fingerprint density at radius 3 is 1.48 bits per heavy atom. The van der Waals surface area contributed by atoms with Gasteiger partial charge in [-0.25, -0.2) is 0 Å². The van der Waals surface area contributed by atoms with Crippen molar-refractivity contribution in [3.8, 4) is 0 Å². The van der Waals surface area contributed by atoms with Crippen molar-refractivity contribution in [3.63, 3.8) is 0 Å². The van der Waals surface area contributed by atoms with Gasteiger partial charge >= 0.3 is 0 Å². The second-order valence-corrected chi connectivity index (χ2v) is 4.68. The first-order chi connectivity index (χ1) is 10.3. The number of morpholine rings is 2. The van der Waals surface area contributed by atoms with Gasteiger partial charge in [0.1, 0.15) is 5.82 Å². The van der Waals surface area contributed by atoms with Crippen LogP contribution < -0.4 is 9.80 Å². The van der Waals surface area contributed by atoms with E-state index in [9.17, 15) is 0 Å². The lowest BCUT2D eigenvalue weighted by Gasteiger charge is -2.30. The number of nitrogens with zero attached hydrogens (tertiary/aromatic N) is 5. The zero-order valence-corrected chi connectivity index (χ0v) is 13.2. The number of rotatable bonds is 2. The first-order valence-electron chi connectivity index (χ1n) is 7.71. The highest BCUT2D eigenvalue weighted by molar-refractivity contribution is 5.39. The van der Waals surface area contributed by atoms with Crippen molar-refractivity contribution in [2.75, 3.05) is 62.4 Å². The lowest BCUT2D eigenvalue weighted by molar-refractivity contribution is 0.121. The van der Waals surface area contributed by atoms with E-state index in [1.165, 1.54) is 0 Å². The molecule has 0 aliphatic carbocycles. The third-order valence-electron chi connectivity index (χ3n) is 3.31. The monoisotopic (exact) mass is 295 g/mol. The Labute approximate surface area is 126 Å². The van der Waals surface area contributed by atoms with E-state index in [4.69, 9.17) is 9.47 Å². The molecule has 21 heavy (non-hydrogen) atoms. The van der Waals surface area contributed by atoms with E-state index >= 15 is 0 Å². The summed E-state index contributed by atoms with van der Waals surface area (Å²) in [5.41, 5.74) is 0. The molecule has 3 heterocycles. The van der Waals surface area contributed by atoms with Crippen LogP contribution in [0.4, 0.5) is 11.9 Å². The Balaban J connectivity index is 0.000000774. The highest BCUT2D eigenvalue weighted by atomic mass is 16.5. The van der Waals surface area contributed by atoms with Gasteiger partial charge in [0.15, 0.2) is 0 Å². The first-order valence-corrected chi connectivity index (χ1v) is 7.71. The van der Waals surface area contributed by atoms with Gasteiger partial charge in [-0.3, -0.25) is 0 Å². The van der Waals surface area contributed by atoms with Crippen molar-refractivity contribution < 1.29 is 9.47 Å². The number of hydrogen-bond acceptors (Lipinski definition) is 7. The van der Waals surface area contributed by atoms with Crippen LogP contribution in [0.25, 0.3) is 0 Å². The van der Waals surface area contributed by atoms with E-state index in [0.29, 0.717) is 0 Å². The van der Waals surface area contributed by atoms with Crippen LogP contribution in [0.5, 0.6) is 0 Å². The Bertz CT molecular complexity index is 395. The minimum atomic E-state index is 0.734. The number of aryl methyl sites for hydroxylation is 1. The molecule has 1 aromatic heterocycles. The van der Waals surface area contributed by atoms with Crippen LogP contribution >= 0.6 is 0 Å². The van der Waals surface area contributed by atoms with Gasteiger partial charge in [-0.05, 0) is 6.92 Å². The molecule has 2 fully saturated rings. The number of hydrogen-bond donors (Lipinski definition) is 0. The van der Waals surface area contributed by atoms with Crippen molar-refractivity contribution in [3.05, 3.63) is 5.82 Å². The maximum absolute atomic E-state index is 5.36. The Hall–Kier alpha value is -1.47. The average Bonchev–Trinajstić information content (AvgIpc) is 2.58. The van der Waals surface area contributed by atoms with Gasteiger partial charge in [0.05, 0.1) is 26.4 Å². The van der Waals surface area contributed by atoms with Crippen LogP contribution in [0.15, 0.2) is 0 Å². The molecule has 2 aliphatic heterocycles. The molecule has 0 aromatic carbocycles. The third-order valence-corrected chi connectivity index (χ3v) is 3.31. The molecule has 2 saturated heterocycles. The zero-order chi connectivity index (χ0) is 15.1. The second kappa shape index (κ2) is 8.09. The fourth-order valence-electron chi connectivity index (χ4n) is 2.26. The van der Waals surface area contributed by atoms with Gasteiger partial charge in [0.2, 0.25) is 11.9 Å². The number of aromatic nitrogens is 3. The molecule has 118 valence electrons. The smallest absolute Gasteiger partial charge is 0.230 e. The molecule has 2 aliphatic rings. The predicted octanol–water partition coefficient (Wildman–Crippen LogP) is 0.879. The van der Waals surface area contributed by atoms with E-state index in [-0.39, 0.29) is 0 Å². The standard InChI is InChI=1S/C12H19N5O2.C2H6/c1-10-13-11(16-2-6-18-7-3-16)15-12(14-10)17-4-8-19-9-5-17;1-2/h2-9H2,1H3;1-2H3. The minimum Gasteiger partial charge on any atom is -0.378 e. The first kappa shape index (κ1) is 15.9. The summed E-state index contributed by atoms with van der Waals surface area (Å²) in [4.78, 5) is 17.8. The highest BCUT2D eigenvalue weighted by Gasteiger charge is 2.19. The van der Waals surface area contributed by atoms with E-state index in [1.54, 1.807) is 0 Å². The van der Waals surface area contributed by atoms with Gasteiger partial charge in [-0.1, -0.05) is 13.8 Å². The Kier molecular flexibility index (Phi) is 6.13. The summed E-state index contributed by atoms with van der Waals surface area (Å²) < 4.78 is 10.7. The molecule has 0 atom stereocenters. The van der Waals surface area contributed by atoms with Crippen LogP contribution in [0.2, 0.25) is 0 Å². The Morgan fingerprint density at radius 2 is 1.10 bits per heavy atom. The van der Waals surface area contributed by atoms with Crippen LogP contribution in [0, 0.1) is 6.92 Å². The molecular weight excluding hydrogens is 270 g/mol. The third kappa shape index (κ3) is 4.25. The van der Waals surface area contributed by atoms with Crippen molar-refractivity contribution in [2.24, 2.45) is 0 Å². The topological polar surface area (TPSA) is 63.6 Å². The van der Waals surface area contributed by atoms with E-state index in [0.717, 1.165) is 70.3 Å². The van der Waals surface area contributed by atoms with E-state index in [2.05, 4.69) is 24.8 Å². The molecule has 0 radical (unpaired) electrons. The molecule has 0 amide bonds. The predicted molar refractivity (Wildman–Crippen MR) is 82.0 cm³/mol. The van der Waals surface area contributed by atoms with Gasteiger partial charge in [-0.15, -0.1) is 0 Å². The maximum Gasteiger partial charge on any atom is 0.230 e. The quantitative estimate of drug-likeness (QED) is 0.802. The second-order valence-electron chi connectivity index (χ2n) is 4.68. The normalized spacial score (nSPS) is 19.0. The summed E-state index contributed by atoms with van der Waals surface area (Å²) in [5, 5.41) is 0. The van der Waals surface area contributed by atoms with Crippen molar-refractivity contribution in [1.29, 1.82) is 0 Å². The average molecular weight is 295 g/mol. The molecule has 0 bridgehead atoms. The summed E-state index contributed by atoms with van der Waals surface area (Å²) in [6.07, 6.45) is 0. The molecule has 7 heteroatoms. The molecule has 7 nitrogen and oxygen atoms in total. The zero-order valence-electron chi connectivity index (χ0n) is 13.2. The molecular formula is C14H25N5O2. The van der Waals surface area contributed by atoms with Gasteiger partial charge in [0.25, 0.3) is 0 Å². The summed E-state index contributed by atoms with van der Waals surface area (Å²) in [7, 11) is 0. The van der Waals surface area contributed by atoms with Crippen LogP contribution in [-0.2, 0) is 9.47 Å². The fourth-order valence-corrected chi connectivity index (χ4v) is 2.26. The van der Waals surface area contributed by atoms with Crippen molar-refractivity contribution >= 4 is 11.9 Å².